The maximum Gasteiger partial charge on any atom is 0.317 e. The third kappa shape index (κ3) is 2.34. The van der Waals surface area contributed by atoms with E-state index in [0.717, 1.165) is 0 Å². The van der Waals surface area contributed by atoms with Gasteiger partial charge in [0.2, 0.25) is 0 Å². The number of fused-ring (bicyclic) bond motifs is 1. The molecule has 0 atom stereocenters. The quantitative estimate of drug-likeness (QED) is 0.584. The van der Waals surface area contributed by atoms with Crippen molar-refractivity contribution < 1.29 is 9.90 Å². The number of H-pyrrole nitrogens is 2. The van der Waals surface area contributed by atoms with Crippen molar-refractivity contribution in [3.8, 4) is 0 Å². The SMILES string of the molecule is Cc1nc2[nH]cc(CNCC(=O)O)c2c(=O)[nH]1. The van der Waals surface area contributed by atoms with E-state index in [9.17, 15) is 9.59 Å². The summed E-state index contributed by atoms with van der Waals surface area (Å²) in [6.45, 7) is 1.86. The second-order valence-electron chi connectivity index (χ2n) is 3.69. The molecular weight excluding hydrogens is 224 g/mol. The summed E-state index contributed by atoms with van der Waals surface area (Å²) < 4.78 is 0. The van der Waals surface area contributed by atoms with Crippen molar-refractivity contribution in [1.82, 2.24) is 20.3 Å². The van der Waals surface area contributed by atoms with Gasteiger partial charge >= 0.3 is 5.97 Å². The van der Waals surface area contributed by atoms with Crippen molar-refractivity contribution in [2.75, 3.05) is 6.54 Å². The Balaban J connectivity index is 2.30. The molecule has 0 bridgehead atoms. The van der Waals surface area contributed by atoms with Crippen LogP contribution in [-0.2, 0) is 11.3 Å². The molecule has 7 heteroatoms. The van der Waals surface area contributed by atoms with Crippen LogP contribution in [0.3, 0.4) is 0 Å². The van der Waals surface area contributed by atoms with Gasteiger partial charge < -0.3 is 20.4 Å². The zero-order chi connectivity index (χ0) is 12.4. The number of aromatic nitrogens is 3. The van der Waals surface area contributed by atoms with Gasteiger partial charge in [0.25, 0.3) is 5.56 Å². The van der Waals surface area contributed by atoms with Crippen LogP contribution in [0.15, 0.2) is 11.0 Å². The van der Waals surface area contributed by atoms with E-state index in [1.165, 1.54) is 0 Å². The summed E-state index contributed by atoms with van der Waals surface area (Å²) in [7, 11) is 0. The van der Waals surface area contributed by atoms with Gasteiger partial charge in [-0.1, -0.05) is 0 Å². The molecule has 7 nitrogen and oxygen atoms in total. The fraction of sp³-hybridized carbons (Fsp3) is 0.300. The summed E-state index contributed by atoms with van der Waals surface area (Å²) in [6, 6.07) is 0. The van der Waals surface area contributed by atoms with Crippen molar-refractivity contribution in [1.29, 1.82) is 0 Å². The van der Waals surface area contributed by atoms with Crippen LogP contribution in [0.5, 0.6) is 0 Å². The fourth-order valence-corrected chi connectivity index (χ4v) is 1.66. The number of carboxylic acid groups (broad SMARTS) is 1. The van der Waals surface area contributed by atoms with E-state index in [1.54, 1.807) is 13.1 Å². The number of aryl methyl sites for hydroxylation is 1. The van der Waals surface area contributed by atoms with E-state index >= 15 is 0 Å². The van der Waals surface area contributed by atoms with Crippen LogP contribution in [0.4, 0.5) is 0 Å². The number of rotatable bonds is 4. The number of aromatic amines is 2. The van der Waals surface area contributed by atoms with Crippen molar-refractivity contribution in [2.24, 2.45) is 0 Å². The second-order valence-corrected chi connectivity index (χ2v) is 3.69. The molecule has 0 aliphatic rings. The first-order chi connectivity index (χ1) is 8.08. The average Bonchev–Trinajstić information content (AvgIpc) is 2.60. The molecule has 2 heterocycles. The third-order valence-corrected chi connectivity index (χ3v) is 2.33. The lowest BCUT2D eigenvalue weighted by atomic mass is 10.2. The Hall–Kier alpha value is -2.15. The maximum atomic E-state index is 11.7. The van der Waals surface area contributed by atoms with Gasteiger partial charge in [-0.05, 0) is 12.5 Å². The number of carboxylic acids is 1. The van der Waals surface area contributed by atoms with Gasteiger partial charge in [0.15, 0.2) is 0 Å². The summed E-state index contributed by atoms with van der Waals surface area (Å²) in [5, 5.41) is 11.7. The van der Waals surface area contributed by atoms with E-state index in [4.69, 9.17) is 5.11 Å². The topological polar surface area (TPSA) is 111 Å². The molecule has 0 saturated carbocycles. The summed E-state index contributed by atoms with van der Waals surface area (Å²) in [6.07, 6.45) is 1.65. The van der Waals surface area contributed by atoms with Crippen LogP contribution >= 0.6 is 0 Å². The molecule has 2 aromatic heterocycles. The number of hydrogen-bond donors (Lipinski definition) is 4. The van der Waals surface area contributed by atoms with Crippen molar-refractivity contribution in [3.63, 3.8) is 0 Å². The van der Waals surface area contributed by atoms with E-state index in [1.807, 2.05) is 0 Å². The lowest BCUT2D eigenvalue weighted by Gasteiger charge is -1.99. The Kier molecular flexibility index (Phi) is 2.92. The minimum Gasteiger partial charge on any atom is -0.480 e. The van der Waals surface area contributed by atoms with E-state index in [2.05, 4.69) is 20.3 Å². The predicted octanol–water partition coefficient (Wildman–Crippen LogP) is -0.266. The van der Waals surface area contributed by atoms with Gasteiger partial charge in [-0.2, -0.15) is 0 Å². The second kappa shape index (κ2) is 4.38. The highest BCUT2D eigenvalue weighted by atomic mass is 16.4. The van der Waals surface area contributed by atoms with Crippen LogP contribution in [0.2, 0.25) is 0 Å². The van der Waals surface area contributed by atoms with Gasteiger partial charge in [-0.3, -0.25) is 9.59 Å². The first kappa shape index (κ1) is 11.3. The minimum absolute atomic E-state index is 0.149. The lowest BCUT2D eigenvalue weighted by Crippen LogP contribution is -2.22. The predicted molar refractivity (Wildman–Crippen MR) is 60.8 cm³/mol. The lowest BCUT2D eigenvalue weighted by molar-refractivity contribution is -0.135. The zero-order valence-corrected chi connectivity index (χ0v) is 9.20. The molecule has 2 aromatic rings. The van der Waals surface area contributed by atoms with Crippen molar-refractivity contribution in [2.45, 2.75) is 13.5 Å². The number of carbonyl (C=O) groups is 1. The molecule has 2 rings (SSSR count). The van der Waals surface area contributed by atoms with E-state index < -0.39 is 5.97 Å². The molecule has 0 aliphatic carbocycles. The minimum atomic E-state index is -0.937. The molecule has 0 radical (unpaired) electrons. The Morgan fingerprint density at radius 1 is 1.59 bits per heavy atom. The normalized spacial score (nSPS) is 10.9. The highest BCUT2D eigenvalue weighted by Crippen LogP contribution is 2.11. The van der Waals surface area contributed by atoms with Crippen LogP contribution < -0.4 is 10.9 Å². The Morgan fingerprint density at radius 3 is 3.06 bits per heavy atom. The molecule has 0 unspecified atom stereocenters. The Bertz CT molecular complexity index is 614. The average molecular weight is 236 g/mol. The smallest absolute Gasteiger partial charge is 0.317 e. The van der Waals surface area contributed by atoms with Crippen molar-refractivity contribution in [3.05, 3.63) is 27.9 Å². The highest BCUT2D eigenvalue weighted by Gasteiger charge is 2.09. The largest absolute Gasteiger partial charge is 0.480 e. The third-order valence-electron chi connectivity index (χ3n) is 2.33. The Morgan fingerprint density at radius 2 is 2.35 bits per heavy atom. The first-order valence-electron chi connectivity index (χ1n) is 5.07. The van der Waals surface area contributed by atoms with Gasteiger partial charge in [0.05, 0.1) is 11.9 Å². The maximum absolute atomic E-state index is 11.7. The molecule has 0 saturated heterocycles. The molecule has 0 spiro atoms. The molecule has 0 amide bonds. The molecule has 4 N–H and O–H groups in total. The molecule has 90 valence electrons. The molecule has 0 aliphatic heterocycles. The fourth-order valence-electron chi connectivity index (χ4n) is 1.66. The summed E-state index contributed by atoms with van der Waals surface area (Å²) in [5.41, 5.74) is 0.995. The number of nitrogens with one attached hydrogen (secondary N) is 3. The molecular formula is C10H12N4O3. The highest BCUT2D eigenvalue weighted by molar-refractivity contribution is 5.78. The van der Waals surface area contributed by atoms with Crippen LogP contribution in [0.25, 0.3) is 11.0 Å². The number of nitrogens with zero attached hydrogens (tertiary/aromatic N) is 1. The monoisotopic (exact) mass is 236 g/mol. The van der Waals surface area contributed by atoms with Gasteiger partial charge in [-0.25, -0.2) is 4.98 Å². The van der Waals surface area contributed by atoms with E-state index in [-0.39, 0.29) is 12.1 Å². The van der Waals surface area contributed by atoms with Crippen molar-refractivity contribution >= 4 is 17.0 Å². The number of hydrogen-bond acceptors (Lipinski definition) is 4. The first-order valence-corrected chi connectivity index (χ1v) is 5.07. The van der Waals surface area contributed by atoms with Crippen LogP contribution in [0, 0.1) is 6.92 Å². The van der Waals surface area contributed by atoms with Gasteiger partial charge in [0, 0.05) is 12.7 Å². The summed E-state index contributed by atoms with van der Waals surface area (Å²) in [5.74, 6) is -0.401. The Labute approximate surface area is 95.9 Å². The van der Waals surface area contributed by atoms with Gasteiger partial charge in [-0.15, -0.1) is 0 Å². The standard InChI is InChI=1S/C10H12N4O3/c1-5-13-9-8(10(17)14-5)6(3-12-9)2-11-4-7(15)16/h3,11H,2,4H2,1H3,(H,15,16)(H2,12,13,14,17). The van der Waals surface area contributed by atoms with E-state index in [0.29, 0.717) is 29.0 Å². The van der Waals surface area contributed by atoms with Gasteiger partial charge in [0.1, 0.15) is 11.5 Å². The van der Waals surface area contributed by atoms with Crippen LogP contribution in [-0.4, -0.2) is 32.6 Å². The van der Waals surface area contributed by atoms with Crippen LogP contribution in [0.1, 0.15) is 11.4 Å². The summed E-state index contributed by atoms with van der Waals surface area (Å²) >= 11 is 0. The zero-order valence-electron chi connectivity index (χ0n) is 9.20. The molecule has 0 fully saturated rings. The summed E-state index contributed by atoms with van der Waals surface area (Å²) in [4.78, 5) is 31.7. The number of aliphatic carboxylic acids is 1. The molecule has 17 heavy (non-hydrogen) atoms. The molecule has 0 aromatic carbocycles.